The van der Waals surface area contributed by atoms with Gasteiger partial charge in [0.2, 0.25) is 0 Å². The van der Waals surface area contributed by atoms with Crippen LogP contribution in [-0.4, -0.2) is 14.2 Å². The third kappa shape index (κ3) is 24.5. The summed E-state index contributed by atoms with van der Waals surface area (Å²) in [5.41, 5.74) is 3.01. The molecule has 13 heavy (non-hydrogen) atoms. The molecule has 2 nitrogen and oxygen atoms in total. The van der Waals surface area contributed by atoms with Gasteiger partial charge in [-0.25, -0.2) is 5.48 Å². The summed E-state index contributed by atoms with van der Waals surface area (Å²) >= 11 is 0. The molecule has 0 spiro atoms. The highest BCUT2D eigenvalue weighted by atomic mass is 16.6. The fraction of sp³-hybridized carbons (Fsp3) is 1.00. The standard InChI is InChI=1S/C7H16.C2H7NO.C2H6/c1-5-7(3,4)6-2;1-3-4-2;1-2/h5-6H2,1-4H3;3H,1-2H3;1-2H3. The predicted molar refractivity (Wildman–Crippen MR) is 61.8 cm³/mol. The van der Waals surface area contributed by atoms with Gasteiger partial charge >= 0.3 is 0 Å². The molecule has 0 saturated carbocycles. The van der Waals surface area contributed by atoms with Gasteiger partial charge in [-0.15, -0.1) is 0 Å². The van der Waals surface area contributed by atoms with Crippen LogP contribution in [-0.2, 0) is 4.84 Å². The van der Waals surface area contributed by atoms with E-state index in [4.69, 9.17) is 0 Å². The van der Waals surface area contributed by atoms with Crippen LogP contribution in [0.1, 0.15) is 54.4 Å². The highest BCUT2D eigenvalue weighted by molar-refractivity contribution is 4.61. The van der Waals surface area contributed by atoms with Gasteiger partial charge in [0.05, 0.1) is 7.11 Å². The first-order valence-electron chi connectivity index (χ1n) is 5.23. The molecule has 0 fully saturated rings. The zero-order valence-corrected chi connectivity index (χ0v) is 10.8. The molecule has 84 valence electrons. The van der Waals surface area contributed by atoms with Crippen LogP contribution in [0, 0.1) is 5.41 Å². The largest absolute Gasteiger partial charge is 0.305 e. The highest BCUT2D eigenvalue weighted by Gasteiger charge is 2.09. The topological polar surface area (TPSA) is 21.3 Å². The van der Waals surface area contributed by atoms with Gasteiger partial charge in [-0.3, -0.25) is 0 Å². The maximum absolute atomic E-state index is 4.29. The van der Waals surface area contributed by atoms with Crippen LogP contribution in [0.3, 0.4) is 0 Å². The minimum atomic E-state index is 0.583. The molecule has 1 N–H and O–H groups in total. The Morgan fingerprint density at radius 2 is 1.31 bits per heavy atom. The van der Waals surface area contributed by atoms with Crippen molar-refractivity contribution in [2.45, 2.75) is 54.4 Å². The summed E-state index contributed by atoms with van der Waals surface area (Å²) in [6.45, 7) is 13.1. The van der Waals surface area contributed by atoms with Crippen molar-refractivity contribution in [2.24, 2.45) is 5.41 Å². The molecule has 0 aliphatic carbocycles. The normalized spacial score (nSPS) is 9.23. The van der Waals surface area contributed by atoms with E-state index >= 15 is 0 Å². The molecule has 0 aromatic rings. The van der Waals surface area contributed by atoms with E-state index in [0.29, 0.717) is 5.41 Å². The Hall–Kier alpha value is -0.0800. The molecule has 0 aromatic heterocycles. The van der Waals surface area contributed by atoms with Crippen molar-refractivity contribution in [3.05, 3.63) is 0 Å². The Kier molecular flexibility index (Phi) is 20.7. The molecule has 0 heterocycles. The Bertz CT molecular complexity index is 64.5. The lowest BCUT2D eigenvalue weighted by Crippen LogP contribution is -2.05. The summed E-state index contributed by atoms with van der Waals surface area (Å²) < 4.78 is 0. The van der Waals surface area contributed by atoms with Crippen molar-refractivity contribution < 1.29 is 4.84 Å². The van der Waals surface area contributed by atoms with Crippen molar-refractivity contribution in [3.8, 4) is 0 Å². The van der Waals surface area contributed by atoms with E-state index in [1.54, 1.807) is 14.2 Å². The molecular formula is C11H29NO. The van der Waals surface area contributed by atoms with Crippen molar-refractivity contribution in [2.75, 3.05) is 14.2 Å². The monoisotopic (exact) mass is 191 g/mol. The van der Waals surface area contributed by atoms with Gasteiger partial charge in [0.1, 0.15) is 0 Å². The number of hydrogen-bond acceptors (Lipinski definition) is 2. The summed E-state index contributed by atoms with van der Waals surface area (Å²) in [6.07, 6.45) is 2.59. The van der Waals surface area contributed by atoms with Crippen LogP contribution in [0.25, 0.3) is 0 Å². The van der Waals surface area contributed by atoms with Crippen molar-refractivity contribution in [3.63, 3.8) is 0 Å². The van der Waals surface area contributed by atoms with Crippen LogP contribution in [0.4, 0.5) is 0 Å². The summed E-state index contributed by atoms with van der Waals surface area (Å²) in [6, 6.07) is 0. The Morgan fingerprint density at radius 1 is 1.08 bits per heavy atom. The van der Waals surface area contributed by atoms with E-state index in [-0.39, 0.29) is 0 Å². The minimum Gasteiger partial charge on any atom is -0.305 e. The summed E-state index contributed by atoms with van der Waals surface area (Å²) in [7, 11) is 3.28. The van der Waals surface area contributed by atoms with E-state index in [9.17, 15) is 0 Å². The van der Waals surface area contributed by atoms with Crippen molar-refractivity contribution in [1.82, 2.24) is 5.48 Å². The SMILES string of the molecule is CC.CCC(C)(C)CC.CNOC. The molecule has 0 saturated heterocycles. The van der Waals surface area contributed by atoms with Gasteiger partial charge in [-0.2, -0.15) is 0 Å². The van der Waals surface area contributed by atoms with Gasteiger partial charge in [0.25, 0.3) is 0 Å². The number of rotatable bonds is 3. The van der Waals surface area contributed by atoms with E-state index in [0.717, 1.165) is 0 Å². The maximum atomic E-state index is 4.29. The van der Waals surface area contributed by atoms with E-state index in [2.05, 4.69) is 38.0 Å². The average Bonchev–Trinajstić information content (AvgIpc) is 2.21. The maximum Gasteiger partial charge on any atom is 0.0572 e. The molecule has 0 rings (SSSR count). The Labute approximate surface area is 85.0 Å². The van der Waals surface area contributed by atoms with Crippen molar-refractivity contribution >= 4 is 0 Å². The first-order chi connectivity index (χ1) is 6.04. The molecule has 0 bridgehead atoms. The Morgan fingerprint density at radius 3 is 1.31 bits per heavy atom. The molecule has 0 aliphatic heterocycles. The Balaban J connectivity index is -0.000000142. The fourth-order valence-electron chi connectivity index (χ4n) is 0.250. The smallest absolute Gasteiger partial charge is 0.0572 e. The number of hydroxylamine groups is 1. The molecular weight excluding hydrogens is 162 g/mol. The molecule has 0 aliphatic rings. The zero-order chi connectivity index (χ0) is 11.3. The summed E-state index contributed by atoms with van der Waals surface area (Å²) in [4.78, 5) is 4.29. The lowest BCUT2D eigenvalue weighted by atomic mass is 9.88. The predicted octanol–water partition coefficient (Wildman–Crippen LogP) is 3.63. The fourth-order valence-corrected chi connectivity index (χ4v) is 0.250. The highest BCUT2D eigenvalue weighted by Crippen LogP contribution is 2.22. The number of hydrogen-bond donors (Lipinski definition) is 1. The first-order valence-corrected chi connectivity index (χ1v) is 5.23. The molecule has 0 radical (unpaired) electrons. The van der Waals surface area contributed by atoms with Crippen molar-refractivity contribution in [1.29, 1.82) is 0 Å². The van der Waals surface area contributed by atoms with Crippen LogP contribution >= 0.6 is 0 Å². The number of nitrogens with one attached hydrogen (secondary N) is 1. The van der Waals surface area contributed by atoms with Crippen LogP contribution in [0.15, 0.2) is 0 Å². The minimum absolute atomic E-state index is 0.583. The van der Waals surface area contributed by atoms with Gasteiger partial charge in [0, 0.05) is 7.05 Å². The first kappa shape index (κ1) is 18.7. The lowest BCUT2D eigenvalue weighted by Gasteiger charge is -2.18. The zero-order valence-electron chi connectivity index (χ0n) is 10.8. The molecule has 0 amide bonds. The summed E-state index contributed by atoms with van der Waals surface area (Å²) in [5, 5.41) is 0. The van der Waals surface area contributed by atoms with E-state index in [1.807, 2.05) is 13.8 Å². The third-order valence-corrected chi connectivity index (χ3v) is 2.12. The average molecular weight is 191 g/mol. The molecule has 2 heteroatoms. The van der Waals surface area contributed by atoms with Gasteiger partial charge in [-0.05, 0) is 5.41 Å². The van der Waals surface area contributed by atoms with Gasteiger partial charge in [-0.1, -0.05) is 54.4 Å². The molecule has 0 aromatic carbocycles. The van der Waals surface area contributed by atoms with Crippen LogP contribution < -0.4 is 5.48 Å². The van der Waals surface area contributed by atoms with E-state index < -0.39 is 0 Å². The van der Waals surface area contributed by atoms with Crippen LogP contribution in [0.2, 0.25) is 0 Å². The van der Waals surface area contributed by atoms with Crippen LogP contribution in [0.5, 0.6) is 0 Å². The van der Waals surface area contributed by atoms with E-state index in [1.165, 1.54) is 12.8 Å². The quantitative estimate of drug-likeness (QED) is 0.688. The van der Waals surface area contributed by atoms with Gasteiger partial charge < -0.3 is 4.84 Å². The third-order valence-electron chi connectivity index (χ3n) is 2.12. The second-order valence-corrected chi connectivity index (χ2v) is 3.28. The second kappa shape index (κ2) is 14.4. The lowest BCUT2D eigenvalue weighted by molar-refractivity contribution is 0.112. The molecule has 0 unspecified atom stereocenters. The summed E-state index contributed by atoms with van der Waals surface area (Å²) in [5.74, 6) is 0. The second-order valence-electron chi connectivity index (χ2n) is 3.28. The molecule has 0 atom stereocenters. The van der Waals surface area contributed by atoms with Gasteiger partial charge in [0.15, 0.2) is 0 Å².